The third-order valence-electron chi connectivity index (χ3n) is 4.07. The zero-order chi connectivity index (χ0) is 11.5. The third-order valence-corrected chi connectivity index (χ3v) is 5.35. The van der Waals surface area contributed by atoms with E-state index in [-0.39, 0.29) is 0 Å². The van der Waals surface area contributed by atoms with E-state index in [1.54, 1.807) is 5.56 Å². The van der Waals surface area contributed by atoms with Crippen LogP contribution in [0.4, 0.5) is 0 Å². The Balaban J connectivity index is 1.59. The molecule has 0 spiro atoms. The van der Waals surface area contributed by atoms with Crippen LogP contribution in [0.2, 0.25) is 0 Å². The summed E-state index contributed by atoms with van der Waals surface area (Å²) in [7, 11) is 0. The Labute approximate surface area is 108 Å². The van der Waals surface area contributed by atoms with Crippen LogP contribution in [0.15, 0.2) is 24.3 Å². The molecule has 2 aliphatic rings. The lowest BCUT2D eigenvalue weighted by molar-refractivity contribution is 0.372. The zero-order valence-electron chi connectivity index (χ0n) is 10.3. The Bertz CT molecular complexity index is 350. The fourth-order valence-corrected chi connectivity index (χ4v) is 3.63. The van der Waals surface area contributed by atoms with Gasteiger partial charge in [0.05, 0.1) is 0 Å². The lowest BCUT2D eigenvalue weighted by Crippen LogP contribution is -2.28. The topological polar surface area (TPSA) is 12.0 Å². The van der Waals surface area contributed by atoms with Gasteiger partial charge < -0.3 is 5.32 Å². The van der Waals surface area contributed by atoms with Crippen molar-refractivity contribution in [2.75, 3.05) is 24.6 Å². The highest BCUT2D eigenvalue weighted by atomic mass is 32.2. The number of thioether (sulfide) groups is 1. The largest absolute Gasteiger partial charge is 0.317 e. The molecule has 0 unspecified atom stereocenters. The van der Waals surface area contributed by atoms with Gasteiger partial charge in [-0.15, -0.1) is 0 Å². The van der Waals surface area contributed by atoms with Crippen molar-refractivity contribution < 1.29 is 0 Å². The van der Waals surface area contributed by atoms with E-state index in [1.807, 2.05) is 0 Å². The SMILES string of the molecule is c1cc(C2CSC2)ccc1CC1CCNCC1. The Kier molecular flexibility index (Phi) is 3.72. The van der Waals surface area contributed by atoms with Crippen molar-refractivity contribution in [3.05, 3.63) is 35.4 Å². The van der Waals surface area contributed by atoms with Crippen molar-refractivity contribution >= 4 is 11.8 Å². The highest BCUT2D eigenvalue weighted by Crippen LogP contribution is 2.34. The molecule has 1 nitrogen and oxygen atoms in total. The van der Waals surface area contributed by atoms with E-state index in [1.165, 1.54) is 49.4 Å². The molecule has 2 heterocycles. The van der Waals surface area contributed by atoms with Crippen molar-refractivity contribution in [3.63, 3.8) is 0 Å². The molecule has 1 N–H and O–H groups in total. The summed E-state index contributed by atoms with van der Waals surface area (Å²) in [6, 6.07) is 9.45. The smallest absolute Gasteiger partial charge is 0.00198 e. The Hall–Kier alpha value is -0.470. The quantitative estimate of drug-likeness (QED) is 0.881. The monoisotopic (exact) mass is 247 g/mol. The fourth-order valence-electron chi connectivity index (χ4n) is 2.77. The minimum atomic E-state index is 0.841. The van der Waals surface area contributed by atoms with Crippen LogP contribution in [0.1, 0.15) is 29.9 Å². The summed E-state index contributed by atoms with van der Waals surface area (Å²) in [4.78, 5) is 0. The predicted molar refractivity (Wildman–Crippen MR) is 75.8 cm³/mol. The van der Waals surface area contributed by atoms with Crippen molar-refractivity contribution in [1.82, 2.24) is 5.32 Å². The van der Waals surface area contributed by atoms with E-state index < -0.39 is 0 Å². The van der Waals surface area contributed by atoms with Gasteiger partial charge in [-0.1, -0.05) is 24.3 Å². The second-order valence-electron chi connectivity index (χ2n) is 5.37. The summed E-state index contributed by atoms with van der Waals surface area (Å²) in [5, 5.41) is 3.44. The van der Waals surface area contributed by atoms with Crippen molar-refractivity contribution in [2.24, 2.45) is 5.92 Å². The van der Waals surface area contributed by atoms with Crippen molar-refractivity contribution in [3.8, 4) is 0 Å². The van der Waals surface area contributed by atoms with E-state index >= 15 is 0 Å². The first-order chi connectivity index (χ1) is 8.42. The summed E-state index contributed by atoms with van der Waals surface area (Å²) in [6.07, 6.45) is 3.98. The summed E-state index contributed by atoms with van der Waals surface area (Å²) < 4.78 is 0. The maximum absolute atomic E-state index is 3.44. The number of nitrogens with one attached hydrogen (secondary N) is 1. The van der Waals surface area contributed by atoms with E-state index in [9.17, 15) is 0 Å². The van der Waals surface area contributed by atoms with Crippen LogP contribution in [-0.4, -0.2) is 24.6 Å². The van der Waals surface area contributed by atoms with E-state index in [0.717, 1.165) is 11.8 Å². The van der Waals surface area contributed by atoms with Gasteiger partial charge in [-0.2, -0.15) is 11.8 Å². The van der Waals surface area contributed by atoms with E-state index in [0.29, 0.717) is 0 Å². The van der Waals surface area contributed by atoms with Crippen molar-refractivity contribution in [1.29, 1.82) is 0 Å². The molecule has 0 atom stereocenters. The Morgan fingerprint density at radius 3 is 2.35 bits per heavy atom. The molecule has 92 valence electrons. The number of piperidine rings is 1. The predicted octanol–water partition coefficient (Wildman–Crippen LogP) is 3.06. The molecule has 2 heteroatoms. The second kappa shape index (κ2) is 5.45. The molecule has 0 radical (unpaired) electrons. The molecular weight excluding hydrogens is 226 g/mol. The lowest BCUT2D eigenvalue weighted by atomic mass is 9.90. The van der Waals surface area contributed by atoms with E-state index in [2.05, 4.69) is 41.3 Å². The van der Waals surface area contributed by atoms with Crippen LogP contribution in [0, 0.1) is 5.92 Å². The highest BCUT2D eigenvalue weighted by Gasteiger charge is 2.20. The molecule has 2 saturated heterocycles. The molecular formula is C15H21NS. The standard InChI is InChI=1S/C15H21NS/c1-3-14(15-10-17-11-15)4-2-12(1)9-13-5-7-16-8-6-13/h1-4,13,15-16H,5-11H2. The fraction of sp³-hybridized carbons (Fsp3) is 0.600. The molecule has 17 heavy (non-hydrogen) atoms. The lowest BCUT2D eigenvalue weighted by Gasteiger charge is -2.26. The summed E-state index contributed by atoms with van der Waals surface area (Å²) in [5.74, 6) is 4.40. The van der Waals surface area contributed by atoms with Gasteiger partial charge >= 0.3 is 0 Å². The Morgan fingerprint density at radius 2 is 1.76 bits per heavy atom. The third kappa shape index (κ3) is 2.86. The maximum Gasteiger partial charge on any atom is 0.00198 e. The first kappa shape index (κ1) is 11.6. The van der Waals surface area contributed by atoms with E-state index in [4.69, 9.17) is 0 Å². The van der Waals surface area contributed by atoms with Crippen LogP contribution < -0.4 is 5.32 Å². The molecule has 1 aromatic carbocycles. The first-order valence-electron chi connectivity index (χ1n) is 6.79. The number of hydrogen-bond donors (Lipinski definition) is 1. The molecule has 2 aliphatic heterocycles. The van der Waals surface area contributed by atoms with Gasteiger partial charge in [0, 0.05) is 17.4 Å². The molecule has 0 saturated carbocycles. The van der Waals surface area contributed by atoms with Crippen LogP contribution in [0.3, 0.4) is 0 Å². The number of benzene rings is 1. The summed E-state index contributed by atoms with van der Waals surface area (Å²) >= 11 is 2.07. The molecule has 2 fully saturated rings. The van der Waals surface area contributed by atoms with Crippen molar-refractivity contribution in [2.45, 2.75) is 25.2 Å². The van der Waals surface area contributed by atoms with Gasteiger partial charge in [-0.25, -0.2) is 0 Å². The first-order valence-corrected chi connectivity index (χ1v) is 7.94. The van der Waals surface area contributed by atoms with Gasteiger partial charge in [0.1, 0.15) is 0 Å². The average molecular weight is 247 g/mol. The van der Waals surface area contributed by atoms with Crippen LogP contribution in [0.5, 0.6) is 0 Å². The van der Waals surface area contributed by atoms with Gasteiger partial charge in [0.15, 0.2) is 0 Å². The number of rotatable bonds is 3. The second-order valence-corrected chi connectivity index (χ2v) is 6.45. The minimum Gasteiger partial charge on any atom is -0.317 e. The van der Waals surface area contributed by atoms with Gasteiger partial charge in [0.2, 0.25) is 0 Å². The number of hydrogen-bond acceptors (Lipinski definition) is 2. The molecule has 0 aromatic heterocycles. The summed E-state index contributed by atoms with van der Waals surface area (Å²) in [6.45, 7) is 2.42. The highest BCUT2D eigenvalue weighted by molar-refractivity contribution is 8.00. The zero-order valence-corrected chi connectivity index (χ0v) is 11.1. The molecule has 0 aliphatic carbocycles. The molecule has 0 amide bonds. The average Bonchev–Trinajstić information content (AvgIpc) is 2.31. The minimum absolute atomic E-state index is 0.841. The molecule has 1 aromatic rings. The molecule has 3 rings (SSSR count). The van der Waals surface area contributed by atoms with Gasteiger partial charge in [0.25, 0.3) is 0 Å². The maximum atomic E-state index is 3.44. The van der Waals surface area contributed by atoms with Crippen LogP contribution in [0.25, 0.3) is 0 Å². The Morgan fingerprint density at radius 1 is 1.06 bits per heavy atom. The van der Waals surface area contributed by atoms with Crippen LogP contribution in [-0.2, 0) is 6.42 Å². The molecule has 0 bridgehead atoms. The van der Waals surface area contributed by atoms with Gasteiger partial charge in [-0.3, -0.25) is 0 Å². The van der Waals surface area contributed by atoms with Gasteiger partial charge in [-0.05, 0) is 49.4 Å². The van der Waals surface area contributed by atoms with Crippen LogP contribution >= 0.6 is 11.8 Å². The normalized spacial score (nSPS) is 22.4. The summed E-state index contributed by atoms with van der Waals surface area (Å²) in [5.41, 5.74) is 3.09.